The maximum atomic E-state index is 13.0. The Labute approximate surface area is 150 Å². The number of aromatic nitrogens is 3. The van der Waals surface area contributed by atoms with Crippen LogP contribution >= 0.6 is 0 Å². The van der Waals surface area contributed by atoms with E-state index in [-0.39, 0.29) is 5.56 Å². The lowest BCUT2D eigenvalue weighted by Crippen LogP contribution is -2.36. The van der Waals surface area contributed by atoms with Gasteiger partial charge in [0.2, 0.25) is 0 Å². The molecule has 2 aromatic rings. The molecule has 2 aliphatic heterocycles. The standard InChI is InChI=1S/C21H19N3O2/c1-12-10-15-16(11-13(12)2)23(3)19-18(20(25)24(4)21(26)22-19)17(15)14-8-6-5-7-9-14/h5-11H,1-4H3. The Morgan fingerprint density at radius 2 is 1.50 bits per heavy atom. The van der Waals surface area contributed by atoms with Gasteiger partial charge in [-0.3, -0.25) is 9.36 Å². The Hall–Kier alpha value is -3.21. The van der Waals surface area contributed by atoms with Crippen LogP contribution in [0.4, 0.5) is 0 Å². The zero-order valence-electron chi connectivity index (χ0n) is 15.2. The second kappa shape index (κ2) is 5.66. The second-order valence-electron chi connectivity index (χ2n) is 6.71. The number of hydrogen-bond acceptors (Lipinski definition) is 3. The Morgan fingerprint density at radius 3 is 2.19 bits per heavy atom. The Kier molecular flexibility index (Phi) is 3.54. The first-order valence-corrected chi connectivity index (χ1v) is 8.46. The number of benzene rings is 2. The fourth-order valence-electron chi connectivity index (χ4n) is 3.47. The molecule has 0 amide bonds. The van der Waals surface area contributed by atoms with Crippen LogP contribution in [0, 0.1) is 13.8 Å². The van der Waals surface area contributed by atoms with Crippen molar-refractivity contribution >= 4 is 10.9 Å². The van der Waals surface area contributed by atoms with Gasteiger partial charge in [-0.15, -0.1) is 0 Å². The summed E-state index contributed by atoms with van der Waals surface area (Å²) in [4.78, 5) is 29.3. The molecule has 26 heavy (non-hydrogen) atoms. The van der Waals surface area contributed by atoms with Gasteiger partial charge in [-0.05, 0) is 42.7 Å². The van der Waals surface area contributed by atoms with Gasteiger partial charge in [-0.2, -0.15) is 4.98 Å². The third kappa shape index (κ3) is 2.20. The van der Waals surface area contributed by atoms with Gasteiger partial charge in [0.15, 0.2) is 5.82 Å². The van der Waals surface area contributed by atoms with Gasteiger partial charge in [-0.25, -0.2) is 4.79 Å². The maximum absolute atomic E-state index is 13.0. The third-order valence-electron chi connectivity index (χ3n) is 5.10. The number of hydrogen-bond donors (Lipinski definition) is 0. The first kappa shape index (κ1) is 16.3. The monoisotopic (exact) mass is 345 g/mol. The van der Waals surface area contributed by atoms with Gasteiger partial charge in [0.05, 0.1) is 11.1 Å². The van der Waals surface area contributed by atoms with Gasteiger partial charge < -0.3 is 4.57 Å². The van der Waals surface area contributed by atoms with E-state index in [2.05, 4.69) is 31.0 Å². The average molecular weight is 345 g/mol. The van der Waals surface area contributed by atoms with Crippen LogP contribution in [-0.2, 0) is 14.1 Å². The quantitative estimate of drug-likeness (QED) is 0.498. The van der Waals surface area contributed by atoms with Crippen molar-refractivity contribution in [2.45, 2.75) is 13.8 Å². The molecule has 0 N–H and O–H groups in total. The van der Waals surface area contributed by atoms with Crippen molar-refractivity contribution in [1.82, 2.24) is 14.1 Å². The zero-order valence-corrected chi connectivity index (χ0v) is 15.2. The summed E-state index contributed by atoms with van der Waals surface area (Å²) in [5.41, 5.74) is 4.61. The fraction of sp³-hybridized carbons (Fsp3) is 0.190. The molecule has 0 bridgehead atoms. The largest absolute Gasteiger partial charge is 0.352 e. The highest BCUT2D eigenvalue weighted by Crippen LogP contribution is 2.37. The van der Waals surface area contributed by atoms with E-state index in [4.69, 9.17) is 0 Å². The first-order chi connectivity index (χ1) is 12.4. The molecule has 0 saturated heterocycles. The summed E-state index contributed by atoms with van der Waals surface area (Å²) in [6.07, 6.45) is 0. The SMILES string of the molecule is Cc1cc2c(-c3ccccc3)c3c(=O)n(C)c(=O)nc-3n(C)c2cc1C. The van der Waals surface area contributed by atoms with E-state index in [9.17, 15) is 9.59 Å². The summed E-state index contributed by atoms with van der Waals surface area (Å²) >= 11 is 0. The molecule has 4 rings (SSSR count). The smallest absolute Gasteiger partial charge is 0.328 e. The van der Waals surface area contributed by atoms with Gasteiger partial charge in [0, 0.05) is 25.0 Å². The van der Waals surface area contributed by atoms with Crippen molar-refractivity contribution < 1.29 is 0 Å². The van der Waals surface area contributed by atoms with Crippen molar-refractivity contribution in [1.29, 1.82) is 0 Å². The van der Waals surface area contributed by atoms with Crippen LogP contribution in [0.1, 0.15) is 11.1 Å². The van der Waals surface area contributed by atoms with Crippen molar-refractivity contribution in [3.8, 4) is 22.5 Å². The van der Waals surface area contributed by atoms with Gasteiger partial charge in [-0.1, -0.05) is 30.3 Å². The number of pyridine rings is 1. The van der Waals surface area contributed by atoms with Crippen molar-refractivity contribution in [2.75, 3.05) is 0 Å². The van der Waals surface area contributed by atoms with Crippen LogP contribution in [0.15, 0.2) is 52.1 Å². The lowest BCUT2D eigenvalue weighted by Gasteiger charge is -2.21. The lowest BCUT2D eigenvalue weighted by atomic mass is 9.92. The molecular formula is C21H19N3O2. The van der Waals surface area contributed by atoms with Crippen LogP contribution in [0.25, 0.3) is 33.4 Å². The highest BCUT2D eigenvalue weighted by atomic mass is 16.2. The normalized spacial score (nSPS) is 11.4. The molecule has 5 heteroatoms. The number of rotatable bonds is 1. The van der Waals surface area contributed by atoms with Crippen molar-refractivity contribution in [3.63, 3.8) is 0 Å². The van der Waals surface area contributed by atoms with Gasteiger partial charge in [0.1, 0.15) is 0 Å². The minimum absolute atomic E-state index is 0.324. The van der Waals surface area contributed by atoms with E-state index < -0.39 is 5.69 Å². The minimum Gasteiger partial charge on any atom is -0.328 e. The number of aryl methyl sites for hydroxylation is 3. The summed E-state index contributed by atoms with van der Waals surface area (Å²) in [6.45, 7) is 4.11. The molecule has 0 radical (unpaired) electrons. The van der Waals surface area contributed by atoms with Crippen LogP contribution in [-0.4, -0.2) is 14.1 Å². The molecule has 0 fully saturated rings. The predicted octanol–water partition coefficient (Wildman–Crippen LogP) is 3.02. The Bertz CT molecular complexity index is 1250. The van der Waals surface area contributed by atoms with Gasteiger partial charge in [0.25, 0.3) is 5.56 Å². The van der Waals surface area contributed by atoms with E-state index in [1.165, 1.54) is 7.05 Å². The third-order valence-corrected chi connectivity index (χ3v) is 5.10. The van der Waals surface area contributed by atoms with Crippen LogP contribution in [0.2, 0.25) is 0 Å². The summed E-state index contributed by atoms with van der Waals surface area (Å²) in [5.74, 6) is 0.410. The molecule has 0 atom stereocenters. The summed E-state index contributed by atoms with van der Waals surface area (Å²) < 4.78 is 2.91. The minimum atomic E-state index is -0.541. The topological polar surface area (TPSA) is 56.9 Å². The highest BCUT2D eigenvalue weighted by molar-refractivity contribution is 6.03. The van der Waals surface area contributed by atoms with E-state index in [0.717, 1.165) is 37.7 Å². The Morgan fingerprint density at radius 1 is 0.846 bits per heavy atom. The summed E-state index contributed by atoms with van der Waals surface area (Å²) in [5, 5.41) is 0.979. The van der Waals surface area contributed by atoms with Crippen LogP contribution in [0.3, 0.4) is 0 Å². The molecule has 0 aromatic heterocycles. The van der Waals surface area contributed by atoms with Crippen molar-refractivity contribution in [2.24, 2.45) is 14.1 Å². The fourth-order valence-corrected chi connectivity index (χ4v) is 3.47. The predicted molar refractivity (Wildman–Crippen MR) is 104 cm³/mol. The maximum Gasteiger partial charge on any atom is 0.352 e. The molecule has 2 aliphatic rings. The van der Waals surface area contributed by atoms with Crippen molar-refractivity contribution in [3.05, 3.63) is 74.4 Å². The molecule has 2 aromatic carbocycles. The summed E-state index contributed by atoms with van der Waals surface area (Å²) in [6, 6.07) is 14.0. The molecule has 5 nitrogen and oxygen atoms in total. The van der Waals surface area contributed by atoms with Crippen LogP contribution in [0.5, 0.6) is 0 Å². The highest BCUT2D eigenvalue weighted by Gasteiger charge is 2.24. The van der Waals surface area contributed by atoms with E-state index in [0.29, 0.717) is 11.4 Å². The van der Waals surface area contributed by atoms with Crippen LogP contribution < -0.4 is 11.2 Å². The molecule has 0 spiro atoms. The number of nitrogens with zero attached hydrogens (tertiary/aromatic N) is 3. The van der Waals surface area contributed by atoms with E-state index in [1.54, 1.807) is 0 Å². The zero-order chi connectivity index (χ0) is 18.6. The van der Waals surface area contributed by atoms with E-state index in [1.807, 2.05) is 41.9 Å². The molecule has 0 unspecified atom stereocenters. The summed E-state index contributed by atoms with van der Waals surface area (Å²) in [7, 11) is 3.32. The average Bonchev–Trinajstić information content (AvgIpc) is 2.63. The van der Waals surface area contributed by atoms with E-state index >= 15 is 0 Å². The molecule has 2 heterocycles. The second-order valence-corrected chi connectivity index (χ2v) is 6.71. The lowest BCUT2D eigenvalue weighted by molar-refractivity contribution is 0.757. The Balaban J connectivity index is 2.37. The molecule has 0 aliphatic carbocycles. The van der Waals surface area contributed by atoms with Gasteiger partial charge >= 0.3 is 5.69 Å². The first-order valence-electron chi connectivity index (χ1n) is 8.46. The number of fused-ring (bicyclic) bond motifs is 2. The molecule has 130 valence electrons. The molecular weight excluding hydrogens is 326 g/mol. The molecule has 0 saturated carbocycles.